The van der Waals surface area contributed by atoms with Crippen LogP contribution in [-0.2, 0) is 0 Å². The lowest BCUT2D eigenvalue weighted by molar-refractivity contribution is -0.384. The number of benzene rings is 1. The summed E-state index contributed by atoms with van der Waals surface area (Å²) in [6, 6.07) is 7.37. The van der Waals surface area contributed by atoms with Gasteiger partial charge in [0.2, 0.25) is 0 Å². The molecule has 1 amide bonds. The third-order valence-electron chi connectivity index (χ3n) is 2.38. The zero-order valence-corrected chi connectivity index (χ0v) is 10.5. The van der Waals surface area contributed by atoms with E-state index in [0.29, 0.717) is 5.56 Å². The molecule has 2 aromatic rings. The molecule has 2 rings (SSSR count). The van der Waals surface area contributed by atoms with Gasteiger partial charge in [0, 0.05) is 17.7 Å². The molecule has 1 aromatic heterocycles. The zero-order valence-electron chi connectivity index (χ0n) is 9.73. The standard InChI is InChI=1S/C11H6N4O4S/c12-5-8-9(14-20-10(8)13-11(16)17)6-1-3-7(4-2-6)15(18)19/h1-4,13H,(H,16,17). The van der Waals surface area contributed by atoms with E-state index in [9.17, 15) is 14.9 Å². The van der Waals surface area contributed by atoms with Crippen LogP contribution in [0.2, 0.25) is 0 Å². The Morgan fingerprint density at radius 1 is 1.45 bits per heavy atom. The predicted octanol–water partition coefficient (Wildman–Crippen LogP) is 2.68. The number of non-ortho nitro benzene ring substituents is 1. The predicted molar refractivity (Wildman–Crippen MR) is 70.6 cm³/mol. The van der Waals surface area contributed by atoms with Crippen molar-refractivity contribution in [2.75, 3.05) is 5.32 Å². The highest BCUT2D eigenvalue weighted by molar-refractivity contribution is 7.11. The van der Waals surface area contributed by atoms with E-state index in [0.717, 1.165) is 11.5 Å². The van der Waals surface area contributed by atoms with Crippen LogP contribution in [0.5, 0.6) is 0 Å². The van der Waals surface area contributed by atoms with Crippen molar-refractivity contribution in [3.05, 3.63) is 39.9 Å². The van der Waals surface area contributed by atoms with E-state index < -0.39 is 11.0 Å². The third kappa shape index (κ3) is 2.55. The van der Waals surface area contributed by atoms with Crippen molar-refractivity contribution in [2.45, 2.75) is 0 Å². The topological polar surface area (TPSA) is 129 Å². The highest BCUT2D eigenvalue weighted by atomic mass is 32.1. The van der Waals surface area contributed by atoms with Crippen LogP contribution < -0.4 is 5.32 Å². The SMILES string of the molecule is N#Cc1c(-c2ccc([N+](=O)[O-])cc2)nsc1NC(=O)O. The van der Waals surface area contributed by atoms with Crippen molar-refractivity contribution in [3.63, 3.8) is 0 Å². The van der Waals surface area contributed by atoms with Gasteiger partial charge >= 0.3 is 6.09 Å². The Labute approximate surface area is 116 Å². The molecule has 0 atom stereocenters. The Kier molecular flexibility index (Phi) is 3.58. The van der Waals surface area contributed by atoms with E-state index >= 15 is 0 Å². The summed E-state index contributed by atoms with van der Waals surface area (Å²) >= 11 is 0.836. The summed E-state index contributed by atoms with van der Waals surface area (Å²) in [5, 5.41) is 30.5. The Bertz CT molecular complexity index is 717. The lowest BCUT2D eigenvalue weighted by Crippen LogP contribution is -2.06. The lowest BCUT2D eigenvalue weighted by atomic mass is 10.1. The minimum Gasteiger partial charge on any atom is -0.465 e. The summed E-state index contributed by atoms with van der Waals surface area (Å²) in [6.45, 7) is 0. The average Bonchev–Trinajstić information content (AvgIpc) is 2.80. The first-order valence-corrected chi connectivity index (χ1v) is 5.95. The second kappa shape index (κ2) is 5.33. The molecular formula is C11H6N4O4S. The molecule has 0 aliphatic heterocycles. The van der Waals surface area contributed by atoms with Crippen molar-refractivity contribution < 1.29 is 14.8 Å². The second-order valence-electron chi connectivity index (χ2n) is 3.58. The molecule has 100 valence electrons. The number of nitro groups is 1. The monoisotopic (exact) mass is 290 g/mol. The molecule has 0 fully saturated rings. The largest absolute Gasteiger partial charge is 0.465 e. The maximum absolute atomic E-state index is 10.6. The maximum atomic E-state index is 10.6. The number of hydrogen-bond acceptors (Lipinski definition) is 6. The Morgan fingerprint density at radius 3 is 2.60 bits per heavy atom. The highest BCUT2D eigenvalue weighted by Crippen LogP contribution is 2.32. The van der Waals surface area contributed by atoms with Crippen LogP contribution in [-0.4, -0.2) is 20.5 Å². The first-order valence-electron chi connectivity index (χ1n) is 5.17. The third-order valence-corrected chi connectivity index (χ3v) is 3.14. The molecule has 9 heteroatoms. The minimum absolute atomic E-state index is 0.0774. The van der Waals surface area contributed by atoms with E-state index in [-0.39, 0.29) is 21.9 Å². The number of hydrogen-bond donors (Lipinski definition) is 2. The molecule has 0 saturated heterocycles. The number of carbonyl (C=O) groups is 1. The van der Waals surface area contributed by atoms with Crippen LogP contribution in [0, 0.1) is 21.4 Å². The Balaban J connectivity index is 2.43. The van der Waals surface area contributed by atoms with Gasteiger partial charge in [-0.1, -0.05) is 0 Å². The summed E-state index contributed by atoms with van der Waals surface area (Å²) in [7, 11) is 0. The van der Waals surface area contributed by atoms with Crippen LogP contribution in [0.4, 0.5) is 15.5 Å². The molecule has 1 aromatic carbocycles. The van der Waals surface area contributed by atoms with Crippen LogP contribution >= 0.6 is 11.5 Å². The molecule has 20 heavy (non-hydrogen) atoms. The number of aromatic nitrogens is 1. The van der Waals surface area contributed by atoms with Crippen LogP contribution in [0.15, 0.2) is 24.3 Å². The van der Waals surface area contributed by atoms with Crippen molar-refractivity contribution in [1.29, 1.82) is 5.26 Å². The van der Waals surface area contributed by atoms with Gasteiger partial charge in [-0.15, -0.1) is 0 Å². The van der Waals surface area contributed by atoms with Crippen LogP contribution in [0.3, 0.4) is 0 Å². The fourth-order valence-corrected chi connectivity index (χ4v) is 2.26. The summed E-state index contributed by atoms with van der Waals surface area (Å²) in [4.78, 5) is 20.6. The van der Waals surface area contributed by atoms with E-state index in [1.54, 1.807) is 0 Å². The number of nitro benzene ring substituents is 1. The summed E-state index contributed by atoms with van der Waals surface area (Å²) in [6.07, 6.45) is -1.29. The fraction of sp³-hybridized carbons (Fsp3) is 0. The number of rotatable bonds is 3. The van der Waals surface area contributed by atoms with E-state index in [1.807, 2.05) is 6.07 Å². The molecule has 0 radical (unpaired) electrons. The quantitative estimate of drug-likeness (QED) is 0.660. The summed E-state index contributed by atoms with van der Waals surface area (Å²) in [5.74, 6) is 0. The molecule has 0 aliphatic carbocycles. The van der Waals surface area contributed by atoms with Gasteiger partial charge in [0.25, 0.3) is 5.69 Å². The van der Waals surface area contributed by atoms with Gasteiger partial charge in [-0.3, -0.25) is 15.4 Å². The molecule has 1 heterocycles. The van der Waals surface area contributed by atoms with Gasteiger partial charge in [-0.25, -0.2) is 4.79 Å². The molecule has 8 nitrogen and oxygen atoms in total. The van der Waals surface area contributed by atoms with E-state index in [1.165, 1.54) is 24.3 Å². The molecule has 0 saturated carbocycles. The average molecular weight is 290 g/mol. The number of nitriles is 1. The fourth-order valence-electron chi connectivity index (χ4n) is 1.51. The molecular weight excluding hydrogens is 284 g/mol. The first-order chi connectivity index (χ1) is 9.52. The number of amides is 1. The number of anilines is 1. The van der Waals surface area contributed by atoms with Crippen molar-refractivity contribution in [2.24, 2.45) is 0 Å². The van der Waals surface area contributed by atoms with Gasteiger partial charge < -0.3 is 5.11 Å². The highest BCUT2D eigenvalue weighted by Gasteiger charge is 2.17. The normalized spacial score (nSPS) is 9.75. The van der Waals surface area contributed by atoms with Gasteiger partial charge in [0.15, 0.2) is 0 Å². The van der Waals surface area contributed by atoms with Crippen LogP contribution in [0.25, 0.3) is 11.3 Å². The number of carboxylic acid groups (broad SMARTS) is 1. The molecule has 0 bridgehead atoms. The summed E-state index contributed by atoms with van der Waals surface area (Å²) in [5.41, 5.74) is 0.801. The first kappa shape index (κ1) is 13.4. The smallest absolute Gasteiger partial charge is 0.409 e. The molecule has 2 N–H and O–H groups in total. The Morgan fingerprint density at radius 2 is 2.10 bits per heavy atom. The summed E-state index contributed by atoms with van der Waals surface area (Å²) < 4.78 is 4.01. The number of nitrogens with zero attached hydrogens (tertiary/aromatic N) is 3. The van der Waals surface area contributed by atoms with Gasteiger partial charge in [-0.2, -0.15) is 9.64 Å². The molecule has 0 aliphatic rings. The lowest BCUT2D eigenvalue weighted by Gasteiger charge is -1.99. The van der Waals surface area contributed by atoms with Gasteiger partial charge in [0.1, 0.15) is 22.3 Å². The molecule has 0 spiro atoms. The Hall–Kier alpha value is -2.99. The van der Waals surface area contributed by atoms with E-state index in [2.05, 4.69) is 9.69 Å². The second-order valence-corrected chi connectivity index (χ2v) is 4.35. The van der Waals surface area contributed by atoms with Crippen molar-refractivity contribution >= 4 is 28.3 Å². The van der Waals surface area contributed by atoms with Gasteiger partial charge in [-0.05, 0) is 23.7 Å². The van der Waals surface area contributed by atoms with E-state index in [4.69, 9.17) is 10.4 Å². The van der Waals surface area contributed by atoms with Crippen molar-refractivity contribution in [3.8, 4) is 17.3 Å². The zero-order chi connectivity index (χ0) is 14.7. The van der Waals surface area contributed by atoms with Gasteiger partial charge in [0.05, 0.1) is 4.92 Å². The maximum Gasteiger partial charge on any atom is 0.409 e. The number of nitrogens with one attached hydrogen (secondary N) is 1. The molecule has 0 unspecified atom stereocenters. The minimum atomic E-state index is -1.29. The van der Waals surface area contributed by atoms with Crippen LogP contribution in [0.1, 0.15) is 5.56 Å². The van der Waals surface area contributed by atoms with Crippen molar-refractivity contribution in [1.82, 2.24) is 4.37 Å².